The molecule has 2 aromatic carbocycles. The van der Waals surface area contributed by atoms with Crippen molar-refractivity contribution in [2.45, 2.75) is 99.5 Å². The van der Waals surface area contributed by atoms with Gasteiger partial charge in [-0.2, -0.15) is 0 Å². The van der Waals surface area contributed by atoms with Crippen molar-refractivity contribution in [3.05, 3.63) is 71.8 Å². The number of nitrogens with zero attached hydrogens (tertiary/aromatic N) is 1. The predicted octanol–water partition coefficient (Wildman–Crippen LogP) is 2.22. The number of hydrogen-bond acceptors (Lipinski definition) is 8. The van der Waals surface area contributed by atoms with Crippen molar-refractivity contribution >= 4 is 59.0 Å². The fourth-order valence-electron chi connectivity index (χ4n) is 6.86. The quantitative estimate of drug-likeness (QED) is 0.135. The second-order valence-electron chi connectivity index (χ2n) is 13.1. The van der Waals surface area contributed by atoms with Gasteiger partial charge in [0, 0.05) is 12.1 Å². The van der Waals surface area contributed by atoms with E-state index < -0.39 is 24.2 Å². The van der Waals surface area contributed by atoms with Crippen LogP contribution in [0, 0.1) is 0 Å². The number of nitrogens with one attached hydrogen (secondary N) is 6. The van der Waals surface area contributed by atoms with Gasteiger partial charge >= 0.3 is 0 Å². The third-order valence-corrected chi connectivity index (χ3v) is 11.6. The number of likely N-dealkylation sites (N-methyl/N-ethyl adjacent to an activating group) is 1. The van der Waals surface area contributed by atoms with Crippen LogP contribution in [0.5, 0.6) is 0 Å². The van der Waals surface area contributed by atoms with Crippen LogP contribution in [0.4, 0.5) is 0 Å². The van der Waals surface area contributed by atoms with Gasteiger partial charge in [-0.3, -0.25) is 24.0 Å². The Bertz CT molecular complexity index is 1510. The van der Waals surface area contributed by atoms with E-state index in [1.165, 1.54) is 0 Å². The van der Waals surface area contributed by atoms with Gasteiger partial charge in [0.15, 0.2) is 0 Å². The van der Waals surface area contributed by atoms with Crippen LogP contribution in [0.25, 0.3) is 0 Å². The van der Waals surface area contributed by atoms with E-state index in [2.05, 4.69) is 31.9 Å². The fourth-order valence-corrected chi connectivity index (χ4v) is 8.47. The lowest BCUT2D eigenvalue weighted by Crippen LogP contribution is -2.56. The van der Waals surface area contributed by atoms with E-state index >= 15 is 0 Å². The molecule has 3 fully saturated rings. The third kappa shape index (κ3) is 9.20. The molecule has 3 aliphatic rings. The number of carbonyl (C=O) groups is 5. The first kappa shape index (κ1) is 37.3. The van der Waals surface area contributed by atoms with E-state index in [0.717, 1.165) is 5.75 Å². The van der Waals surface area contributed by atoms with Gasteiger partial charge in [0.2, 0.25) is 30.0 Å². The maximum absolute atomic E-state index is 14.0. The molecule has 6 N–H and O–H groups in total. The van der Waals surface area contributed by atoms with Crippen LogP contribution < -0.4 is 31.9 Å². The van der Waals surface area contributed by atoms with Gasteiger partial charge in [-0.05, 0) is 75.8 Å². The highest BCUT2D eigenvalue weighted by Gasteiger charge is 2.46. The molecule has 2 aliphatic heterocycles. The Morgan fingerprint density at radius 2 is 1.38 bits per heavy atom. The first-order valence-electron chi connectivity index (χ1n) is 17.3. The van der Waals surface area contributed by atoms with Crippen LogP contribution >= 0.6 is 24.0 Å². The zero-order valence-electron chi connectivity index (χ0n) is 28.4. The van der Waals surface area contributed by atoms with Crippen LogP contribution in [-0.4, -0.2) is 88.3 Å². The third-order valence-electron chi connectivity index (χ3n) is 9.78. The predicted molar refractivity (Wildman–Crippen MR) is 197 cm³/mol. The van der Waals surface area contributed by atoms with Gasteiger partial charge < -0.3 is 36.8 Å². The Kier molecular flexibility index (Phi) is 13.2. The summed E-state index contributed by atoms with van der Waals surface area (Å²) < 4.78 is 0. The molecule has 6 atom stereocenters. The minimum absolute atomic E-state index is 0.0983. The molecule has 12 nitrogen and oxygen atoms in total. The molecule has 0 radical (unpaired) electrons. The van der Waals surface area contributed by atoms with E-state index in [1.807, 2.05) is 62.5 Å². The van der Waals surface area contributed by atoms with Gasteiger partial charge in [0.1, 0.15) is 24.2 Å². The molecule has 14 heteroatoms. The largest absolute Gasteiger partial charge is 0.367 e. The van der Waals surface area contributed by atoms with Gasteiger partial charge in [0.25, 0.3) is 0 Å². The summed E-state index contributed by atoms with van der Waals surface area (Å²) in [4.78, 5) is 68.2. The molecule has 0 spiro atoms. The normalized spacial score (nSPS) is 25.1. The highest BCUT2D eigenvalue weighted by Crippen LogP contribution is 2.36. The van der Waals surface area contributed by atoms with E-state index in [9.17, 15) is 24.0 Å². The topological polar surface area (TPSA) is 161 Å². The summed E-state index contributed by atoms with van der Waals surface area (Å²) in [7, 11) is 1.81. The van der Waals surface area contributed by atoms with Gasteiger partial charge in [-0.25, -0.2) is 0 Å². The maximum Gasteiger partial charge on any atom is 0.247 e. The average Bonchev–Trinajstić information content (AvgIpc) is 3.50. The number of rotatable bonds is 13. The molecule has 2 aromatic rings. The number of benzene rings is 2. The minimum atomic E-state index is -0.950. The Hall–Kier alpha value is -4.01. The molecule has 2 heterocycles. The van der Waals surface area contributed by atoms with Crippen molar-refractivity contribution < 1.29 is 24.0 Å². The number of thiocarbonyl (C=S) groups is 1. The molecule has 1 aliphatic carbocycles. The summed E-state index contributed by atoms with van der Waals surface area (Å²) in [6.07, 6.45) is 4.88. The van der Waals surface area contributed by atoms with Gasteiger partial charge in [0.05, 0.1) is 16.4 Å². The van der Waals surface area contributed by atoms with Crippen LogP contribution in [0.3, 0.4) is 0 Å². The molecule has 268 valence electrons. The van der Waals surface area contributed by atoms with Crippen molar-refractivity contribution in [1.82, 2.24) is 36.8 Å². The van der Waals surface area contributed by atoms with Crippen molar-refractivity contribution in [2.75, 3.05) is 12.8 Å². The Morgan fingerprint density at radius 1 is 0.820 bits per heavy atom. The summed E-state index contributed by atoms with van der Waals surface area (Å²) in [5, 5.41) is 18.0. The molecule has 0 bridgehead atoms. The van der Waals surface area contributed by atoms with Gasteiger partial charge in [-0.1, -0.05) is 72.9 Å². The minimum Gasteiger partial charge on any atom is -0.367 e. The Morgan fingerprint density at radius 3 is 1.94 bits per heavy atom. The van der Waals surface area contributed by atoms with Crippen molar-refractivity contribution in [3.8, 4) is 0 Å². The summed E-state index contributed by atoms with van der Waals surface area (Å²) in [6.45, 7) is 1.93. The van der Waals surface area contributed by atoms with E-state index in [-0.39, 0.29) is 47.1 Å². The lowest BCUT2D eigenvalue weighted by atomic mass is 9.90. The first-order valence-corrected chi connectivity index (χ1v) is 18.8. The summed E-state index contributed by atoms with van der Waals surface area (Å²) in [5.41, 5.74) is 1.34. The van der Waals surface area contributed by atoms with Crippen LogP contribution in [-0.2, 0) is 24.0 Å². The smallest absolute Gasteiger partial charge is 0.247 e. The van der Waals surface area contributed by atoms with Crippen LogP contribution in [0.2, 0.25) is 0 Å². The summed E-state index contributed by atoms with van der Waals surface area (Å²) >= 11 is 7.19. The second kappa shape index (κ2) is 17.8. The number of thioether (sulfide) groups is 1. The monoisotopic (exact) mass is 721 g/mol. The van der Waals surface area contributed by atoms with Gasteiger partial charge in [-0.15, -0.1) is 11.8 Å². The molecule has 5 rings (SSSR count). The molecule has 0 aromatic heterocycles. The number of amides is 5. The van der Waals surface area contributed by atoms with E-state index in [1.54, 1.807) is 28.8 Å². The second-order valence-corrected chi connectivity index (χ2v) is 14.8. The zero-order valence-corrected chi connectivity index (χ0v) is 30.1. The maximum atomic E-state index is 14.0. The van der Waals surface area contributed by atoms with Crippen molar-refractivity contribution in [1.29, 1.82) is 0 Å². The fraction of sp³-hybridized carbons (Fsp3) is 0.500. The summed E-state index contributed by atoms with van der Waals surface area (Å²) in [5.74, 6) is -0.353. The Labute approximate surface area is 303 Å². The number of carbonyl (C=O) groups excluding carboxylic acids is 5. The zero-order chi connectivity index (χ0) is 35.6. The number of hydrogen-bond donors (Lipinski definition) is 6. The molecule has 2 saturated heterocycles. The molecule has 1 unspecified atom stereocenters. The first-order chi connectivity index (χ1) is 24.2. The van der Waals surface area contributed by atoms with Crippen molar-refractivity contribution in [2.24, 2.45) is 0 Å². The van der Waals surface area contributed by atoms with Crippen molar-refractivity contribution in [3.63, 3.8) is 0 Å². The highest BCUT2D eigenvalue weighted by atomic mass is 32.2. The average molecular weight is 722 g/mol. The molecular weight excluding hydrogens is 675 g/mol. The SMILES string of the molecule is CN[C@@H](C)C(=S)N[C@H]1CCSC2CC[C@@H](C(=O)N[C@@H](C(=O)NC3CCC(NC(=O)[C@@H](NC=O)c4ccccc4)CC3)c3ccccc3)N2C1=O. The van der Waals surface area contributed by atoms with E-state index in [4.69, 9.17) is 12.2 Å². The molecule has 5 amide bonds. The summed E-state index contributed by atoms with van der Waals surface area (Å²) in [6, 6.07) is 14.9. The molecule has 50 heavy (non-hydrogen) atoms. The standard InChI is InChI=1S/C36H47N7O5S2/c1-22(37-2)35(49)41-27-19-20-50-29-18-17-28(43(29)36(27)48)32(45)42-31(24-11-7-4-8-12-24)34(47)40-26-15-13-25(14-16-26)39-33(46)30(38-21-44)23-9-5-3-6-10-23/h3-12,21-22,25-31,37H,13-20H2,1-2H3,(H,38,44)(H,39,46)(H,40,47)(H,41,49)(H,42,45)/t22-,25?,26?,27-,28-,29?,30-,31+/m0/s1. The molecule has 1 saturated carbocycles. The highest BCUT2D eigenvalue weighted by molar-refractivity contribution is 7.99. The van der Waals surface area contributed by atoms with Crippen LogP contribution in [0.1, 0.15) is 75.1 Å². The molecular formula is C36H47N7O5S2. The van der Waals surface area contributed by atoms with Crippen LogP contribution in [0.15, 0.2) is 60.7 Å². The lowest BCUT2D eigenvalue weighted by molar-refractivity contribution is -0.141. The lowest BCUT2D eigenvalue weighted by Gasteiger charge is -2.33. The number of fused-ring (bicyclic) bond motifs is 1. The van der Waals surface area contributed by atoms with E-state index in [0.29, 0.717) is 67.5 Å². The Balaban J connectivity index is 1.20.